The topological polar surface area (TPSA) is 63.3 Å². The first-order valence-electron chi connectivity index (χ1n) is 6.93. The maximum absolute atomic E-state index is 11.7. The maximum atomic E-state index is 11.7. The van der Waals surface area contributed by atoms with Crippen molar-refractivity contribution in [3.8, 4) is 0 Å². The summed E-state index contributed by atoms with van der Waals surface area (Å²) in [5.74, 6) is -0.232. The lowest BCUT2D eigenvalue weighted by Crippen LogP contribution is -2.43. The van der Waals surface area contributed by atoms with E-state index in [0.29, 0.717) is 12.3 Å². The summed E-state index contributed by atoms with van der Waals surface area (Å²) in [6.07, 6.45) is 2.51. The molecule has 0 aliphatic heterocycles. The summed E-state index contributed by atoms with van der Waals surface area (Å²) in [6.45, 7) is 6.43. The van der Waals surface area contributed by atoms with Crippen molar-refractivity contribution in [1.29, 1.82) is 0 Å². The second-order valence-electron chi connectivity index (χ2n) is 5.74. The first kappa shape index (κ1) is 15.7. The van der Waals surface area contributed by atoms with Crippen molar-refractivity contribution < 1.29 is 9.90 Å². The SMILES string of the molecule is Cc1ccc(C(CN)(CCCC(C)C)C(=O)O)cc1. The monoisotopic (exact) mass is 263 g/mol. The summed E-state index contributed by atoms with van der Waals surface area (Å²) in [5.41, 5.74) is 6.82. The molecule has 1 rings (SSSR count). The largest absolute Gasteiger partial charge is 0.481 e. The minimum Gasteiger partial charge on any atom is -0.481 e. The highest BCUT2D eigenvalue weighted by molar-refractivity contribution is 5.81. The Hall–Kier alpha value is -1.35. The van der Waals surface area contributed by atoms with Crippen molar-refractivity contribution in [1.82, 2.24) is 0 Å². The molecular weight excluding hydrogens is 238 g/mol. The van der Waals surface area contributed by atoms with E-state index in [0.717, 1.165) is 24.0 Å². The molecule has 0 spiro atoms. The Morgan fingerprint density at radius 2 is 1.89 bits per heavy atom. The predicted molar refractivity (Wildman–Crippen MR) is 78.2 cm³/mol. The fourth-order valence-corrected chi connectivity index (χ4v) is 2.37. The van der Waals surface area contributed by atoms with Gasteiger partial charge in [-0.1, -0.05) is 56.5 Å². The molecule has 1 aromatic carbocycles. The smallest absolute Gasteiger partial charge is 0.315 e. The summed E-state index contributed by atoms with van der Waals surface area (Å²) < 4.78 is 0. The summed E-state index contributed by atoms with van der Waals surface area (Å²) >= 11 is 0. The molecule has 0 amide bonds. The van der Waals surface area contributed by atoms with Gasteiger partial charge in [-0.15, -0.1) is 0 Å². The number of carboxylic acid groups (broad SMARTS) is 1. The highest BCUT2D eigenvalue weighted by Gasteiger charge is 2.38. The second kappa shape index (κ2) is 6.71. The summed E-state index contributed by atoms with van der Waals surface area (Å²) in [5, 5.41) is 9.63. The Labute approximate surface area is 115 Å². The Morgan fingerprint density at radius 1 is 1.32 bits per heavy atom. The van der Waals surface area contributed by atoms with Gasteiger partial charge in [0.1, 0.15) is 5.41 Å². The number of hydrogen-bond acceptors (Lipinski definition) is 2. The van der Waals surface area contributed by atoms with Gasteiger partial charge in [-0.3, -0.25) is 4.79 Å². The van der Waals surface area contributed by atoms with E-state index in [4.69, 9.17) is 5.73 Å². The molecule has 0 heterocycles. The fraction of sp³-hybridized carbons (Fsp3) is 0.562. The molecule has 1 aromatic rings. The van der Waals surface area contributed by atoms with Gasteiger partial charge >= 0.3 is 5.97 Å². The van der Waals surface area contributed by atoms with Crippen molar-refractivity contribution in [2.75, 3.05) is 6.54 Å². The third-order valence-electron chi connectivity index (χ3n) is 3.75. The van der Waals surface area contributed by atoms with Crippen LogP contribution in [0.15, 0.2) is 24.3 Å². The van der Waals surface area contributed by atoms with E-state index in [1.54, 1.807) is 0 Å². The van der Waals surface area contributed by atoms with Crippen LogP contribution in [-0.2, 0) is 10.2 Å². The van der Waals surface area contributed by atoms with Crippen LogP contribution in [0.2, 0.25) is 0 Å². The number of nitrogens with two attached hydrogens (primary N) is 1. The molecule has 19 heavy (non-hydrogen) atoms. The van der Waals surface area contributed by atoms with Crippen LogP contribution in [0.4, 0.5) is 0 Å². The van der Waals surface area contributed by atoms with E-state index in [1.165, 1.54) is 0 Å². The highest BCUT2D eigenvalue weighted by Crippen LogP contribution is 2.30. The standard InChI is InChI=1S/C16H25NO2/c1-12(2)5-4-10-16(11-17,15(18)19)14-8-6-13(3)7-9-14/h6-9,12H,4-5,10-11,17H2,1-3H3,(H,18,19). The number of rotatable bonds is 7. The van der Waals surface area contributed by atoms with Gasteiger partial charge in [0.15, 0.2) is 0 Å². The number of aryl methyl sites for hydroxylation is 1. The molecule has 3 heteroatoms. The number of aliphatic carboxylic acids is 1. The number of benzene rings is 1. The van der Waals surface area contributed by atoms with Crippen LogP contribution < -0.4 is 5.73 Å². The summed E-state index contributed by atoms with van der Waals surface area (Å²) in [7, 11) is 0. The van der Waals surface area contributed by atoms with Crippen molar-refractivity contribution >= 4 is 5.97 Å². The van der Waals surface area contributed by atoms with Crippen molar-refractivity contribution in [3.05, 3.63) is 35.4 Å². The fourth-order valence-electron chi connectivity index (χ4n) is 2.37. The van der Waals surface area contributed by atoms with Gasteiger partial charge in [0.25, 0.3) is 0 Å². The van der Waals surface area contributed by atoms with Gasteiger partial charge in [-0.2, -0.15) is 0 Å². The van der Waals surface area contributed by atoms with Gasteiger partial charge in [0.2, 0.25) is 0 Å². The Morgan fingerprint density at radius 3 is 2.32 bits per heavy atom. The summed E-state index contributed by atoms with van der Waals surface area (Å²) in [6, 6.07) is 7.69. The molecule has 0 aliphatic carbocycles. The molecule has 1 unspecified atom stereocenters. The zero-order valence-electron chi connectivity index (χ0n) is 12.1. The number of hydrogen-bond donors (Lipinski definition) is 2. The predicted octanol–water partition coefficient (Wildman–Crippen LogP) is 3.10. The minimum absolute atomic E-state index is 0.142. The van der Waals surface area contributed by atoms with Crippen LogP contribution in [0.1, 0.15) is 44.2 Å². The average Bonchev–Trinajstić information content (AvgIpc) is 2.35. The molecule has 0 aromatic heterocycles. The Kier molecular flexibility index (Phi) is 5.55. The van der Waals surface area contributed by atoms with Crippen molar-refractivity contribution in [2.45, 2.75) is 45.4 Å². The van der Waals surface area contributed by atoms with Gasteiger partial charge in [-0.05, 0) is 24.8 Å². The van der Waals surface area contributed by atoms with E-state index in [9.17, 15) is 9.90 Å². The lowest BCUT2D eigenvalue weighted by Gasteiger charge is -2.29. The van der Waals surface area contributed by atoms with Gasteiger partial charge in [0.05, 0.1) is 0 Å². The van der Waals surface area contributed by atoms with Crippen LogP contribution in [0.3, 0.4) is 0 Å². The number of carboxylic acids is 1. The lowest BCUT2D eigenvalue weighted by molar-refractivity contribution is -0.143. The molecule has 3 N–H and O–H groups in total. The van der Waals surface area contributed by atoms with Gasteiger partial charge in [-0.25, -0.2) is 0 Å². The zero-order valence-corrected chi connectivity index (χ0v) is 12.1. The molecule has 0 bridgehead atoms. The number of carbonyl (C=O) groups is 1. The molecule has 1 atom stereocenters. The van der Waals surface area contributed by atoms with Crippen LogP contribution in [-0.4, -0.2) is 17.6 Å². The first-order chi connectivity index (χ1) is 8.92. The van der Waals surface area contributed by atoms with E-state index in [-0.39, 0.29) is 6.54 Å². The van der Waals surface area contributed by atoms with Gasteiger partial charge in [0, 0.05) is 6.54 Å². The molecule has 106 valence electrons. The highest BCUT2D eigenvalue weighted by atomic mass is 16.4. The van der Waals surface area contributed by atoms with E-state index >= 15 is 0 Å². The molecule has 0 radical (unpaired) electrons. The minimum atomic E-state index is -0.942. The normalized spacial score (nSPS) is 14.4. The van der Waals surface area contributed by atoms with Crippen LogP contribution in [0.5, 0.6) is 0 Å². The maximum Gasteiger partial charge on any atom is 0.315 e. The van der Waals surface area contributed by atoms with Crippen LogP contribution in [0.25, 0.3) is 0 Å². The van der Waals surface area contributed by atoms with Crippen molar-refractivity contribution in [2.24, 2.45) is 11.7 Å². The molecule has 0 saturated heterocycles. The first-order valence-corrected chi connectivity index (χ1v) is 6.93. The van der Waals surface area contributed by atoms with Crippen LogP contribution in [0, 0.1) is 12.8 Å². The van der Waals surface area contributed by atoms with E-state index in [2.05, 4.69) is 13.8 Å². The average molecular weight is 263 g/mol. The van der Waals surface area contributed by atoms with Crippen LogP contribution >= 0.6 is 0 Å². The van der Waals surface area contributed by atoms with E-state index in [1.807, 2.05) is 31.2 Å². The summed E-state index contributed by atoms with van der Waals surface area (Å²) in [4.78, 5) is 11.7. The molecule has 3 nitrogen and oxygen atoms in total. The van der Waals surface area contributed by atoms with Crippen molar-refractivity contribution in [3.63, 3.8) is 0 Å². The second-order valence-corrected chi connectivity index (χ2v) is 5.74. The van der Waals surface area contributed by atoms with Gasteiger partial charge < -0.3 is 10.8 Å². The van der Waals surface area contributed by atoms with E-state index < -0.39 is 11.4 Å². The molecule has 0 saturated carbocycles. The molecule has 0 fully saturated rings. The quantitative estimate of drug-likeness (QED) is 0.794. The third kappa shape index (κ3) is 3.80. The Balaban J connectivity index is 2.98. The zero-order chi connectivity index (χ0) is 14.5. The molecule has 0 aliphatic rings. The third-order valence-corrected chi connectivity index (χ3v) is 3.75. The molecular formula is C16H25NO2. The Bertz CT molecular complexity index is 411. The lowest BCUT2D eigenvalue weighted by atomic mass is 9.75.